The molecule has 1 atom stereocenters. The number of rotatable bonds is 4. The molecule has 1 heterocycles. The van der Waals surface area contributed by atoms with Crippen molar-refractivity contribution in [2.45, 2.75) is 19.4 Å². The summed E-state index contributed by atoms with van der Waals surface area (Å²) < 4.78 is 5.24. The summed E-state index contributed by atoms with van der Waals surface area (Å²) in [4.78, 5) is 38.7. The third-order valence-corrected chi connectivity index (χ3v) is 4.37. The van der Waals surface area contributed by atoms with Gasteiger partial charge >= 0.3 is 5.97 Å². The van der Waals surface area contributed by atoms with Gasteiger partial charge in [0.05, 0.1) is 16.9 Å². The van der Waals surface area contributed by atoms with E-state index in [-0.39, 0.29) is 24.3 Å². The Hall–Kier alpha value is -3.35. The van der Waals surface area contributed by atoms with Crippen LogP contribution in [0.3, 0.4) is 0 Å². The lowest BCUT2D eigenvalue weighted by Crippen LogP contribution is -2.41. The van der Waals surface area contributed by atoms with Crippen molar-refractivity contribution in [2.24, 2.45) is 0 Å². The minimum absolute atomic E-state index is 0.162. The monoisotopic (exact) mass is 367 g/mol. The highest BCUT2D eigenvalue weighted by atomic mass is 16.5. The second kappa shape index (κ2) is 7.90. The van der Waals surface area contributed by atoms with Crippen molar-refractivity contribution in [3.63, 3.8) is 0 Å². The van der Waals surface area contributed by atoms with Crippen LogP contribution in [0.1, 0.15) is 23.7 Å². The Labute approximate surface area is 157 Å². The first-order valence-electron chi connectivity index (χ1n) is 8.66. The van der Waals surface area contributed by atoms with Crippen molar-refractivity contribution >= 4 is 34.8 Å². The van der Waals surface area contributed by atoms with Gasteiger partial charge in [-0.05, 0) is 31.2 Å². The van der Waals surface area contributed by atoms with Gasteiger partial charge in [-0.2, -0.15) is 0 Å². The number of fused-ring (bicyclic) bond motifs is 1. The molecule has 2 amide bonds. The summed E-state index contributed by atoms with van der Waals surface area (Å²) in [6.45, 7) is 1.38. The molecule has 0 aromatic heterocycles. The highest BCUT2D eigenvalue weighted by Crippen LogP contribution is 2.31. The minimum atomic E-state index is -0.585. The number of amides is 2. The predicted molar refractivity (Wildman–Crippen MR) is 103 cm³/mol. The van der Waals surface area contributed by atoms with Crippen LogP contribution in [-0.2, 0) is 14.3 Å². The van der Waals surface area contributed by atoms with Crippen molar-refractivity contribution in [2.75, 3.05) is 29.2 Å². The first-order valence-corrected chi connectivity index (χ1v) is 8.66. The summed E-state index contributed by atoms with van der Waals surface area (Å²) in [5.41, 5.74) is 2.13. The highest BCUT2D eigenvalue weighted by molar-refractivity contribution is 6.05. The van der Waals surface area contributed by atoms with E-state index in [1.54, 1.807) is 62.5 Å². The zero-order valence-corrected chi connectivity index (χ0v) is 15.2. The fourth-order valence-corrected chi connectivity index (χ4v) is 3.12. The molecular formula is C20H21N3O4. The van der Waals surface area contributed by atoms with E-state index in [0.29, 0.717) is 22.6 Å². The first-order chi connectivity index (χ1) is 13.0. The van der Waals surface area contributed by atoms with E-state index < -0.39 is 12.6 Å². The van der Waals surface area contributed by atoms with Crippen molar-refractivity contribution in [1.29, 1.82) is 0 Å². The zero-order valence-electron chi connectivity index (χ0n) is 15.2. The van der Waals surface area contributed by atoms with E-state index >= 15 is 0 Å². The number of carbonyl (C=O) groups is 3. The Morgan fingerprint density at radius 3 is 2.67 bits per heavy atom. The lowest BCUT2D eigenvalue weighted by molar-refractivity contribution is -0.122. The molecule has 2 N–H and O–H groups in total. The number of hydrogen-bond acceptors (Lipinski definition) is 5. The van der Waals surface area contributed by atoms with E-state index in [0.717, 1.165) is 0 Å². The Morgan fingerprint density at radius 2 is 1.89 bits per heavy atom. The number of benzene rings is 2. The average Bonchev–Trinajstić information content (AvgIpc) is 2.79. The molecule has 27 heavy (non-hydrogen) atoms. The van der Waals surface area contributed by atoms with Crippen LogP contribution < -0.4 is 15.5 Å². The largest absolute Gasteiger partial charge is 0.452 e. The van der Waals surface area contributed by atoms with Crippen LogP contribution in [0, 0.1) is 0 Å². The molecule has 7 heteroatoms. The van der Waals surface area contributed by atoms with Gasteiger partial charge in [-0.25, -0.2) is 4.79 Å². The van der Waals surface area contributed by atoms with Gasteiger partial charge in [0, 0.05) is 25.2 Å². The maximum absolute atomic E-state index is 12.8. The number of carbonyl (C=O) groups excluding carboxylic acids is 3. The second-order valence-electron chi connectivity index (χ2n) is 6.25. The first kappa shape index (κ1) is 18.4. The zero-order chi connectivity index (χ0) is 19.4. The number of ether oxygens (including phenoxy) is 1. The number of hydrogen-bond donors (Lipinski definition) is 2. The van der Waals surface area contributed by atoms with Gasteiger partial charge < -0.3 is 20.3 Å². The van der Waals surface area contributed by atoms with Crippen LogP contribution in [0.4, 0.5) is 17.1 Å². The van der Waals surface area contributed by atoms with Crippen LogP contribution in [0.5, 0.6) is 0 Å². The van der Waals surface area contributed by atoms with E-state index in [9.17, 15) is 14.4 Å². The molecule has 1 aliphatic rings. The fourth-order valence-electron chi connectivity index (χ4n) is 3.12. The van der Waals surface area contributed by atoms with E-state index in [4.69, 9.17) is 4.74 Å². The number of nitrogens with zero attached hydrogens (tertiary/aromatic N) is 1. The molecule has 0 spiro atoms. The van der Waals surface area contributed by atoms with Gasteiger partial charge in [0.15, 0.2) is 6.61 Å². The Morgan fingerprint density at radius 1 is 1.19 bits per heavy atom. The smallest absolute Gasteiger partial charge is 0.340 e. The molecule has 3 rings (SSSR count). The van der Waals surface area contributed by atoms with Gasteiger partial charge in [0.1, 0.15) is 0 Å². The van der Waals surface area contributed by atoms with E-state index in [1.807, 2.05) is 0 Å². The Kier molecular flexibility index (Phi) is 5.40. The van der Waals surface area contributed by atoms with Gasteiger partial charge in [-0.15, -0.1) is 0 Å². The highest BCUT2D eigenvalue weighted by Gasteiger charge is 2.30. The molecule has 0 radical (unpaired) electrons. The lowest BCUT2D eigenvalue weighted by atomic mass is 10.1. The molecule has 0 aliphatic carbocycles. The molecule has 2 aromatic carbocycles. The summed E-state index contributed by atoms with van der Waals surface area (Å²) in [6, 6.07) is 13.6. The summed E-state index contributed by atoms with van der Waals surface area (Å²) in [6.07, 6.45) is 0.164. The Balaban J connectivity index is 1.77. The summed E-state index contributed by atoms with van der Waals surface area (Å²) >= 11 is 0. The molecule has 0 saturated carbocycles. The average molecular weight is 367 g/mol. The van der Waals surface area contributed by atoms with Crippen molar-refractivity contribution in [1.82, 2.24) is 0 Å². The van der Waals surface area contributed by atoms with Crippen LogP contribution >= 0.6 is 0 Å². The maximum atomic E-state index is 12.8. The summed E-state index contributed by atoms with van der Waals surface area (Å²) in [5, 5.41) is 5.71. The fraction of sp³-hybridized carbons (Fsp3) is 0.250. The standard InChI is InChI=1S/C20H21N3O4/c1-13-11-18(24)22-16-9-5-6-10-17(16)23(13)19(25)12-27-20(26)14-7-3-4-8-15(14)21-2/h3-10,13,21H,11-12H2,1-2H3,(H,22,24)/t13-/m0/s1. The number of anilines is 3. The third-order valence-electron chi connectivity index (χ3n) is 4.37. The van der Waals surface area contributed by atoms with Crippen LogP contribution in [0.2, 0.25) is 0 Å². The molecule has 140 valence electrons. The topological polar surface area (TPSA) is 87.7 Å². The quantitative estimate of drug-likeness (QED) is 0.811. The molecule has 0 bridgehead atoms. The number of para-hydroxylation sites is 3. The minimum Gasteiger partial charge on any atom is -0.452 e. The molecular weight excluding hydrogens is 346 g/mol. The summed E-state index contributed by atoms with van der Waals surface area (Å²) in [5.74, 6) is -1.13. The third kappa shape index (κ3) is 3.92. The number of esters is 1. The van der Waals surface area contributed by atoms with E-state index in [2.05, 4.69) is 10.6 Å². The van der Waals surface area contributed by atoms with Gasteiger partial charge in [0.25, 0.3) is 5.91 Å². The molecule has 0 saturated heterocycles. The van der Waals surface area contributed by atoms with Gasteiger partial charge in [-0.3, -0.25) is 9.59 Å². The van der Waals surface area contributed by atoms with Crippen LogP contribution in [-0.4, -0.2) is 37.5 Å². The normalized spacial score (nSPS) is 16.0. The molecule has 1 aliphatic heterocycles. The lowest BCUT2D eigenvalue weighted by Gasteiger charge is -2.27. The molecule has 2 aromatic rings. The summed E-state index contributed by atoms with van der Waals surface area (Å²) in [7, 11) is 1.71. The molecule has 0 fully saturated rings. The predicted octanol–water partition coefficient (Wildman–Crippen LogP) is 2.65. The molecule has 0 unspecified atom stereocenters. The van der Waals surface area contributed by atoms with E-state index in [1.165, 1.54) is 4.90 Å². The SMILES string of the molecule is CNc1ccccc1C(=O)OCC(=O)N1c2ccccc2NC(=O)C[C@@H]1C. The van der Waals surface area contributed by atoms with Crippen molar-refractivity contribution in [3.05, 3.63) is 54.1 Å². The van der Waals surface area contributed by atoms with Crippen LogP contribution in [0.15, 0.2) is 48.5 Å². The molecule has 7 nitrogen and oxygen atoms in total. The van der Waals surface area contributed by atoms with Gasteiger partial charge in [0.2, 0.25) is 5.91 Å². The van der Waals surface area contributed by atoms with Crippen LogP contribution in [0.25, 0.3) is 0 Å². The maximum Gasteiger partial charge on any atom is 0.340 e. The number of nitrogens with one attached hydrogen (secondary N) is 2. The van der Waals surface area contributed by atoms with Crippen molar-refractivity contribution in [3.8, 4) is 0 Å². The Bertz CT molecular complexity index is 881. The van der Waals surface area contributed by atoms with Gasteiger partial charge in [-0.1, -0.05) is 24.3 Å². The van der Waals surface area contributed by atoms with Crippen molar-refractivity contribution < 1.29 is 19.1 Å². The second-order valence-corrected chi connectivity index (χ2v) is 6.25.